The first-order valence-corrected chi connectivity index (χ1v) is 14.3. The van der Waals surface area contributed by atoms with Gasteiger partial charge in [-0.05, 0) is 38.5 Å². The molecule has 0 rings (SSSR count). The molecule has 2 atom stereocenters. The van der Waals surface area contributed by atoms with Gasteiger partial charge in [-0.15, -0.1) is 0 Å². The predicted octanol–water partition coefficient (Wildman–Crippen LogP) is 5.79. The number of aliphatic hydroxyl groups excluding tert-OH is 1. The van der Waals surface area contributed by atoms with Gasteiger partial charge in [0, 0.05) is 6.61 Å². The highest BCUT2D eigenvalue weighted by Gasteiger charge is 2.24. The summed E-state index contributed by atoms with van der Waals surface area (Å²) in [6.07, 6.45) is 23.6. The summed E-state index contributed by atoms with van der Waals surface area (Å²) in [4.78, 5) is 9.63. The molecule has 0 spiro atoms. The van der Waals surface area contributed by atoms with Gasteiger partial charge in [0.1, 0.15) is 19.3 Å². The molecule has 0 bridgehead atoms. The van der Waals surface area contributed by atoms with Gasteiger partial charge in [0.05, 0.1) is 34.4 Å². The van der Waals surface area contributed by atoms with Crippen molar-refractivity contribution >= 4 is 7.82 Å². The van der Waals surface area contributed by atoms with Crippen LogP contribution in [0.5, 0.6) is 0 Å². The summed E-state index contributed by atoms with van der Waals surface area (Å²) in [5.74, 6) is 0. The van der Waals surface area contributed by atoms with Crippen LogP contribution in [0.1, 0.15) is 71.1 Å². The van der Waals surface area contributed by atoms with E-state index in [1.807, 2.05) is 21.1 Å². The maximum Gasteiger partial charge on any atom is 0.472 e. The van der Waals surface area contributed by atoms with Crippen LogP contribution in [0, 0.1) is 0 Å². The Morgan fingerprint density at radius 1 is 0.794 bits per heavy atom. The van der Waals surface area contributed by atoms with Crippen molar-refractivity contribution < 1.29 is 32.8 Å². The first-order chi connectivity index (χ1) is 16.2. The lowest BCUT2D eigenvalue weighted by Crippen LogP contribution is -2.37. The molecule has 0 aliphatic carbocycles. The van der Waals surface area contributed by atoms with Crippen molar-refractivity contribution in [2.45, 2.75) is 77.2 Å². The number of nitrogens with zero attached hydrogens (tertiary/aromatic N) is 1. The van der Waals surface area contributed by atoms with Crippen LogP contribution in [0.15, 0.2) is 36.5 Å². The Kier molecular flexibility index (Phi) is 21.0. The van der Waals surface area contributed by atoms with Crippen molar-refractivity contribution in [1.82, 2.24) is 0 Å². The number of unbranched alkanes of at least 4 members (excludes halogenated alkanes) is 6. The summed E-state index contributed by atoms with van der Waals surface area (Å²) in [6, 6.07) is 0. The Morgan fingerprint density at radius 3 is 2.03 bits per heavy atom. The van der Waals surface area contributed by atoms with Gasteiger partial charge in [-0.25, -0.2) is 4.57 Å². The van der Waals surface area contributed by atoms with Gasteiger partial charge in [0.25, 0.3) is 0 Å². The fourth-order valence-corrected chi connectivity index (χ4v) is 3.66. The van der Waals surface area contributed by atoms with Gasteiger partial charge in [-0.3, -0.25) is 9.05 Å². The number of aliphatic hydroxyl groups is 1. The van der Waals surface area contributed by atoms with Crippen LogP contribution >= 0.6 is 7.82 Å². The second-order valence-corrected chi connectivity index (χ2v) is 11.0. The zero-order chi connectivity index (χ0) is 25.5. The number of phosphoric acid groups is 1. The van der Waals surface area contributed by atoms with Crippen molar-refractivity contribution in [3.63, 3.8) is 0 Å². The molecule has 2 unspecified atom stereocenters. The third-order valence-electron chi connectivity index (χ3n) is 4.95. The zero-order valence-corrected chi connectivity index (χ0v) is 23.0. The van der Waals surface area contributed by atoms with Gasteiger partial charge < -0.3 is 19.2 Å². The second-order valence-electron chi connectivity index (χ2n) is 9.54. The third-order valence-corrected chi connectivity index (χ3v) is 5.93. The van der Waals surface area contributed by atoms with E-state index in [0.717, 1.165) is 38.5 Å². The average molecular weight is 505 g/mol. The summed E-state index contributed by atoms with van der Waals surface area (Å²) in [7, 11) is 1.73. The summed E-state index contributed by atoms with van der Waals surface area (Å²) in [6.45, 7) is 3.19. The van der Waals surface area contributed by atoms with E-state index in [9.17, 15) is 14.6 Å². The van der Waals surface area contributed by atoms with E-state index in [0.29, 0.717) is 17.6 Å². The van der Waals surface area contributed by atoms with Crippen molar-refractivity contribution in [2.24, 2.45) is 0 Å². The zero-order valence-electron chi connectivity index (χ0n) is 22.1. The number of hydrogen-bond acceptors (Lipinski definition) is 5. The maximum absolute atomic E-state index is 11.8. The van der Waals surface area contributed by atoms with E-state index in [-0.39, 0.29) is 19.8 Å². The second kappa shape index (κ2) is 21.5. The molecule has 0 aliphatic rings. The molecule has 0 aliphatic heterocycles. The topological polar surface area (TPSA) is 85.2 Å². The fraction of sp³-hybridized carbons (Fsp3) is 0.769. The van der Waals surface area contributed by atoms with Crippen molar-refractivity contribution in [2.75, 3.05) is 54.1 Å². The Hall–Kier alpha value is -0.790. The normalized spacial score (nSPS) is 15.6. The number of allylic oxidation sites excluding steroid dienone is 6. The molecule has 34 heavy (non-hydrogen) atoms. The molecule has 200 valence electrons. The van der Waals surface area contributed by atoms with Crippen LogP contribution in [0.3, 0.4) is 0 Å². The highest BCUT2D eigenvalue weighted by molar-refractivity contribution is 7.47. The van der Waals surface area contributed by atoms with Gasteiger partial charge in [-0.1, -0.05) is 69.1 Å². The van der Waals surface area contributed by atoms with E-state index < -0.39 is 13.9 Å². The number of quaternary nitrogens is 1. The van der Waals surface area contributed by atoms with E-state index in [4.69, 9.17) is 13.8 Å². The van der Waals surface area contributed by atoms with Gasteiger partial charge in [0.2, 0.25) is 0 Å². The summed E-state index contributed by atoms with van der Waals surface area (Å²) >= 11 is 0. The first-order valence-electron chi connectivity index (χ1n) is 12.8. The number of ether oxygens (including phenoxy) is 1. The Morgan fingerprint density at radius 2 is 1.38 bits per heavy atom. The molecule has 0 aromatic rings. The lowest BCUT2D eigenvalue weighted by Gasteiger charge is -2.24. The third kappa shape index (κ3) is 25.8. The highest BCUT2D eigenvalue weighted by atomic mass is 31.2. The fourth-order valence-electron chi connectivity index (χ4n) is 2.91. The Balaban J connectivity index is 3.50. The van der Waals surface area contributed by atoms with Gasteiger partial charge in [0.15, 0.2) is 0 Å². The minimum Gasteiger partial charge on any atom is -0.388 e. The van der Waals surface area contributed by atoms with Crippen molar-refractivity contribution in [3.8, 4) is 0 Å². The average Bonchev–Trinajstić information content (AvgIpc) is 2.76. The number of phosphoric ester groups is 1. The number of likely N-dealkylation sites (N-methyl/N-ethyl adjacent to an activating group) is 1. The van der Waals surface area contributed by atoms with Crippen molar-refractivity contribution in [1.29, 1.82) is 0 Å². The van der Waals surface area contributed by atoms with Crippen LogP contribution in [-0.2, 0) is 18.3 Å². The minimum absolute atomic E-state index is 0.0792. The molecule has 0 fully saturated rings. The largest absolute Gasteiger partial charge is 0.472 e. The molecule has 0 saturated carbocycles. The SMILES string of the molecule is CC/C=C\C/C=C\C/C=C\CCCCCCCCOCC(O)COP(=O)(O)OCC[N+](C)(C)C. The highest BCUT2D eigenvalue weighted by Crippen LogP contribution is 2.43. The quantitative estimate of drug-likeness (QED) is 0.0793. The predicted molar refractivity (Wildman–Crippen MR) is 141 cm³/mol. The lowest BCUT2D eigenvalue weighted by atomic mass is 10.1. The van der Waals surface area contributed by atoms with E-state index >= 15 is 0 Å². The molecule has 0 heterocycles. The molecule has 0 saturated heterocycles. The van der Waals surface area contributed by atoms with Crippen LogP contribution in [0.4, 0.5) is 0 Å². The van der Waals surface area contributed by atoms with Crippen LogP contribution in [0.2, 0.25) is 0 Å². The van der Waals surface area contributed by atoms with Gasteiger partial charge in [-0.2, -0.15) is 0 Å². The molecule has 0 aromatic heterocycles. The standard InChI is InChI=1S/C26H50NO6P/c1-5-6-7-8-9-10-11-12-13-14-15-16-17-18-19-20-22-31-24-26(28)25-33-34(29,30)32-23-21-27(2,3)4/h6-7,9-10,12-13,26,28H,5,8,11,14-25H2,1-4H3/p+1/b7-6-,10-9-,13-12-. The molecule has 7 nitrogen and oxygen atoms in total. The molecule has 0 amide bonds. The number of hydrogen-bond donors (Lipinski definition) is 2. The molecule has 0 radical (unpaired) electrons. The van der Waals surface area contributed by atoms with Crippen LogP contribution < -0.4 is 0 Å². The van der Waals surface area contributed by atoms with E-state index in [1.54, 1.807) is 0 Å². The molecular weight excluding hydrogens is 453 g/mol. The molecule has 0 aromatic carbocycles. The van der Waals surface area contributed by atoms with E-state index in [2.05, 4.69) is 43.4 Å². The number of rotatable bonds is 23. The molecule has 8 heteroatoms. The van der Waals surface area contributed by atoms with Crippen molar-refractivity contribution in [3.05, 3.63) is 36.5 Å². The lowest BCUT2D eigenvalue weighted by molar-refractivity contribution is -0.870. The minimum atomic E-state index is -4.15. The summed E-state index contributed by atoms with van der Waals surface area (Å²) < 4.78 is 27.6. The first kappa shape index (κ1) is 33.2. The van der Waals surface area contributed by atoms with Gasteiger partial charge >= 0.3 is 7.82 Å². The van der Waals surface area contributed by atoms with Crippen LogP contribution in [0.25, 0.3) is 0 Å². The molecular formula is C26H51NO6P+. The Labute approximate surface area is 208 Å². The van der Waals surface area contributed by atoms with Crippen LogP contribution in [-0.4, -0.2) is 74.7 Å². The summed E-state index contributed by atoms with van der Waals surface area (Å²) in [5.41, 5.74) is 0. The smallest absolute Gasteiger partial charge is 0.388 e. The monoisotopic (exact) mass is 504 g/mol. The van der Waals surface area contributed by atoms with E-state index in [1.165, 1.54) is 25.7 Å². The molecule has 2 N–H and O–H groups in total. The maximum atomic E-state index is 11.8. The summed E-state index contributed by atoms with van der Waals surface area (Å²) in [5, 5.41) is 9.85. The Bertz CT molecular complexity index is 601.